The van der Waals surface area contributed by atoms with E-state index in [1.165, 1.54) is 148 Å². The Labute approximate surface area is 335 Å². The molecule has 1 aliphatic heterocycles. The molecule has 2 heterocycles. The number of carbonyl (C=O) groups excluding carboxylic acids is 1. The molecule has 5 aromatic rings. The van der Waals surface area contributed by atoms with E-state index in [0.29, 0.717) is 11.1 Å². The van der Waals surface area contributed by atoms with Crippen LogP contribution in [0, 0.1) is 6.08 Å². The minimum absolute atomic E-state index is 0.0547. The number of hydrogen-bond acceptors (Lipinski definition) is 2. The van der Waals surface area contributed by atoms with E-state index in [-0.39, 0.29) is 11.5 Å². The van der Waals surface area contributed by atoms with E-state index in [1.54, 1.807) is 0 Å². The van der Waals surface area contributed by atoms with Crippen LogP contribution in [0.5, 0.6) is 0 Å². The first-order chi connectivity index (χ1) is 27.6. The maximum absolute atomic E-state index is 14.1. The third-order valence-electron chi connectivity index (χ3n) is 12.4. The van der Waals surface area contributed by atoms with Crippen molar-refractivity contribution < 1.29 is 14.5 Å². The third kappa shape index (κ3) is 8.72. The fourth-order valence-corrected chi connectivity index (χ4v) is 9.25. The van der Waals surface area contributed by atoms with E-state index in [4.69, 9.17) is 0 Å². The van der Waals surface area contributed by atoms with Crippen LogP contribution in [-0.2, 0) is 11.3 Å². The Morgan fingerprint density at radius 2 is 1.16 bits per heavy atom. The first kappa shape index (κ1) is 39.7. The molecule has 292 valence electrons. The van der Waals surface area contributed by atoms with E-state index in [1.807, 2.05) is 6.08 Å². The number of aryl methyl sites for hydroxylation is 1. The number of carbonyl (C=O) groups is 1. The molecule has 0 saturated carbocycles. The summed E-state index contributed by atoms with van der Waals surface area (Å²) < 4.78 is 4.73. The maximum Gasteiger partial charge on any atom is 0.348 e. The lowest BCUT2D eigenvalue weighted by Crippen LogP contribution is -2.27. The van der Waals surface area contributed by atoms with Crippen LogP contribution in [0.4, 0.5) is 5.69 Å². The first-order valence-electron chi connectivity index (χ1n) is 22.4. The van der Waals surface area contributed by atoms with Crippen molar-refractivity contribution in [1.29, 1.82) is 0 Å². The molecule has 0 atom stereocenters. The Bertz CT molecular complexity index is 2270. The third-order valence-corrected chi connectivity index (χ3v) is 12.4. The first-order valence-corrected chi connectivity index (χ1v) is 22.4. The van der Waals surface area contributed by atoms with Gasteiger partial charge in [0.1, 0.15) is 17.0 Å². The molecule has 56 heavy (non-hydrogen) atoms. The standard InChI is InChI=1S/C52H63N2O2/c1-3-5-7-9-11-13-15-17-19-21-35-53-45-33-25-29-39-27-23-31-41(49(39)45)47(53)37-43-51(55)44(52(43)56)38-48-42-32-24-28-40-30-26-34-46(50(40)42)54(48)36-22-20-18-16-14-12-10-8-6-4-2/h23-34,37H,3-22,35-36H2,1-2H3/q+1/p+1. The van der Waals surface area contributed by atoms with Gasteiger partial charge in [-0.25, -0.2) is 4.79 Å². The van der Waals surface area contributed by atoms with E-state index in [2.05, 4.69) is 102 Å². The SMILES string of the molecule is CCCCCCCCCCCCn1c(=CC2=C(O)C(=[C+]C3=[N+](CCCCCCCCCCCC)c4cccc5cccc3c45)C2=O)c2cccc3cccc1c32. The van der Waals surface area contributed by atoms with Crippen molar-refractivity contribution in [3.8, 4) is 0 Å². The fraction of sp³-hybridized carbons (Fsp3) is 0.462. The number of unbranched alkanes of at least 4 members (excludes halogenated alkanes) is 18. The molecule has 1 N–H and O–H groups in total. The van der Waals surface area contributed by atoms with Gasteiger partial charge in [0.25, 0.3) is 0 Å². The molecule has 1 aliphatic carbocycles. The smallest absolute Gasteiger partial charge is 0.348 e. The summed E-state index contributed by atoms with van der Waals surface area (Å²) in [4.78, 5) is 14.1. The average molecular weight is 749 g/mol. The van der Waals surface area contributed by atoms with Gasteiger partial charge in [-0.2, -0.15) is 4.58 Å². The molecule has 4 aromatic carbocycles. The summed E-state index contributed by atoms with van der Waals surface area (Å²) in [6.07, 6.45) is 31.3. The second-order valence-electron chi connectivity index (χ2n) is 16.5. The van der Waals surface area contributed by atoms with E-state index >= 15 is 0 Å². The minimum Gasteiger partial charge on any atom is -0.461 e. The van der Waals surface area contributed by atoms with Gasteiger partial charge in [0.05, 0.1) is 5.35 Å². The van der Waals surface area contributed by atoms with Crippen LogP contribution in [0.3, 0.4) is 0 Å². The maximum atomic E-state index is 14.1. The van der Waals surface area contributed by atoms with Crippen LogP contribution in [0.15, 0.2) is 89.7 Å². The van der Waals surface area contributed by atoms with Gasteiger partial charge in [0.2, 0.25) is 17.0 Å². The Balaban J connectivity index is 1.11. The summed E-state index contributed by atoms with van der Waals surface area (Å²) in [5, 5.41) is 18.6. The summed E-state index contributed by atoms with van der Waals surface area (Å²) in [6, 6.07) is 25.8. The van der Waals surface area contributed by atoms with Crippen molar-refractivity contribution in [2.45, 2.75) is 149 Å². The van der Waals surface area contributed by atoms with Crippen LogP contribution in [0.2, 0.25) is 0 Å². The molecule has 4 heteroatoms. The number of allylic oxidation sites excluding steroid dienone is 3. The Morgan fingerprint density at radius 3 is 1.79 bits per heavy atom. The number of aromatic nitrogens is 1. The molecular formula is C52H64N2O2+2. The van der Waals surface area contributed by atoms with Crippen LogP contribution >= 0.6 is 0 Å². The highest BCUT2D eigenvalue weighted by atomic mass is 16.3. The summed E-state index contributed by atoms with van der Waals surface area (Å²) in [5.74, 6) is -0.0782. The lowest BCUT2D eigenvalue weighted by molar-refractivity contribution is -0.436. The molecule has 0 unspecified atom stereocenters. The number of ketones is 1. The van der Waals surface area contributed by atoms with Crippen LogP contribution in [0.25, 0.3) is 38.5 Å². The zero-order valence-corrected chi connectivity index (χ0v) is 34.3. The van der Waals surface area contributed by atoms with Gasteiger partial charge >= 0.3 is 11.5 Å². The summed E-state index contributed by atoms with van der Waals surface area (Å²) in [6.45, 7) is 6.31. The topological polar surface area (TPSA) is 45.2 Å². The van der Waals surface area contributed by atoms with Crippen molar-refractivity contribution in [1.82, 2.24) is 4.57 Å². The van der Waals surface area contributed by atoms with E-state index in [9.17, 15) is 9.90 Å². The molecule has 0 spiro atoms. The number of rotatable bonds is 24. The predicted octanol–water partition coefficient (Wildman–Crippen LogP) is 13.6. The molecule has 0 saturated heterocycles. The Kier molecular flexibility index (Phi) is 13.9. The zero-order valence-electron chi connectivity index (χ0n) is 34.3. The van der Waals surface area contributed by atoms with Crippen LogP contribution < -0.4 is 5.35 Å². The molecule has 1 aromatic heterocycles. The quantitative estimate of drug-likeness (QED) is 0.0296. The van der Waals surface area contributed by atoms with Crippen molar-refractivity contribution in [2.24, 2.45) is 0 Å². The molecule has 0 amide bonds. The summed E-state index contributed by atoms with van der Waals surface area (Å²) in [5.41, 5.74) is 5.04. The number of Topliss-reactive ketones (excluding diaryl/α,β-unsaturated/α-hetero) is 1. The monoisotopic (exact) mass is 748 g/mol. The fourth-order valence-electron chi connectivity index (χ4n) is 9.25. The lowest BCUT2D eigenvalue weighted by Gasteiger charge is -2.11. The molecule has 0 bridgehead atoms. The largest absolute Gasteiger partial charge is 0.461 e. The highest BCUT2D eigenvalue weighted by Gasteiger charge is 2.46. The van der Waals surface area contributed by atoms with Crippen molar-refractivity contribution in [3.63, 3.8) is 0 Å². The molecule has 2 aliphatic rings. The Hall–Kier alpha value is -4.53. The lowest BCUT2D eigenvalue weighted by atomic mass is 9.86. The predicted molar refractivity (Wildman–Crippen MR) is 237 cm³/mol. The number of aliphatic hydroxyl groups excluding tert-OH is 1. The van der Waals surface area contributed by atoms with Gasteiger partial charge in [-0.1, -0.05) is 178 Å². The highest BCUT2D eigenvalue weighted by Crippen LogP contribution is 2.38. The second-order valence-corrected chi connectivity index (χ2v) is 16.5. The number of nitrogens with zero attached hydrogens (tertiary/aromatic N) is 2. The van der Waals surface area contributed by atoms with Crippen molar-refractivity contribution in [3.05, 3.63) is 107 Å². The van der Waals surface area contributed by atoms with Gasteiger partial charge in [0, 0.05) is 35.3 Å². The van der Waals surface area contributed by atoms with Crippen molar-refractivity contribution >= 4 is 55.7 Å². The van der Waals surface area contributed by atoms with Crippen LogP contribution in [0.1, 0.15) is 148 Å². The van der Waals surface area contributed by atoms with Gasteiger partial charge in [-0.3, -0.25) is 0 Å². The van der Waals surface area contributed by atoms with Gasteiger partial charge in [-0.05, 0) is 41.8 Å². The van der Waals surface area contributed by atoms with E-state index in [0.717, 1.165) is 47.9 Å². The zero-order chi connectivity index (χ0) is 38.7. The minimum atomic E-state index is -0.133. The Morgan fingerprint density at radius 1 is 0.625 bits per heavy atom. The molecule has 7 rings (SSSR count). The van der Waals surface area contributed by atoms with Crippen LogP contribution in [-0.4, -0.2) is 32.3 Å². The molecule has 0 radical (unpaired) electrons. The van der Waals surface area contributed by atoms with E-state index < -0.39 is 0 Å². The van der Waals surface area contributed by atoms with Crippen molar-refractivity contribution in [2.75, 3.05) is 6.54 Å². The van der Waals surface area contributed by atoms with Gasteiger partial charge in [0.15, 0.2) is 12.1 Å². The average Bonchev–Trinajstić information content (AvgIpc) is 3.70. The molecule has 4 nitrogen and oxygen atoms in total. The summed E-state index contributed by atoms with van der Waals surface area (Å²) >= 11 is 0. The number of aliphatic hydroxyl groups is 1. The molecule has 0 fully saturated rings. The van der Waals surface area contributed by atoms with Gasteiger partial charge in [-0.15, -0.1) is 0 Å². The number of hydrogen-bond donors (Lipinski definition) is 1. The second kappa shape index (κ2) is 19.6. The normalized spacial score (nSPS) is 15.1. The summed E-state index contributed by atoms with van der Waals surface area (Å²) in [7, 11) is 0. The molecular weight excluding hydrogens is 685 g/mol. The van der Waals surface area contributed by atoms with Gasteiger partial charge < -0.3 is 9.67 Å². The number of benzene rings is 4. The highest BCUT2D eigenvalue weighted by molar-refractivity contribution is 6.28.